The number of halogens is 1. The van der Waals surface area contributed by atoms with Crippen LogP contribution in [0.4, 0.5) is 5.69 Å². The monoisotopic (exact) mass is 267 g/mol. The predicted molar refractivity (Wildman–Crippen MR) is 75.6 cm³/mol. The molecule has 0 unspecified atom stereocenters. The number of amides is 1. The Labute approximate surface area is 112 Å². The van der Waals surface area contributed by atoms with E-state index in [1.54, 1.807) is 24.3 Å². The minimum absolute atomic E-state index is 0.106. The number of carbonyl (C=O) groups is 1. The third kappa shape index (κ3) is 4.75. The fourth-order valence-electron chi connectivity index (χ4n) is 1.31. The standard InChI is InChI=1S/C13H18ClN3O/c1-9(2)8-16-13(18)10-4-3-5-11(6-10)17-12(15)7-14/h3-6,9H,7-8H2,1-2H3,(H2,15,17)(H,16,18). The third-order valence-corrected chi connectivity index (χ3v) is 2.46. The first-order chi connectivity index (χ1) is 8.52. The highest BCUT2D eigenvalue weighted by atomic mass is 35.5. The number of benzene rings is 1. The molecule has 1 rings (SSSR count). The first-order valence-electron chi connectivity index (χ1n) is 5.80. The van der Waals surface area contributed by atoms with Crippen LogP contribution in [0.3, 0.4) is 0 Å². The maximum absolute atomic E-state index is 11.8. The number of carbonyl (C=O) groups excluding carboxylic acids is 1. The second-order valence-electron chi connectivity index (χ2n) is 4.39. The van der Waals surface area contributed by atoms with Gasteiger partial charge in [0, 0.05) is 12.1 Å². The van der Waals surface area contributed by atoms with Crippen LogP contribution in [0.1, 0.15) is 24.2 Å². The molecule has 0 aromatic heterocycles. The van der Waals surface area contributed by atoms with E-state index in [4.69, 9.17) is 17.3 Å². The molecule has 4 nitrogen and oxygen atoms in total. The summed E-state index contributed by atoms with van der Waals surface area (Å²) in [6.45, 7) is 4.74. The van der Waals surface area contributed by atoms with E-state index in [9.17, 15) is 4.79 Å². The summed E-state index contributed by atoms with van der Waals surface area (Å²) in [5.41, 5.74) is 6.75. The summed E-state index contributed by atoms with van der Waals surface area (Å²) in [4.78, 5) is 15.9. The Morgan fingerprint density at radius 1 is 1.50 bits per heavy atom. The third-order valence-electron chi connectivity index (χ3n) is 2.19. The molecular formula is C13H18ClN3O. The molecule has 0 aliphatic rings. The summed E-state index contributed by atoms with van der Waals surface area (Å²) in [6.07, 6.45) is 0. The van der Waals surface area contributed by atoms with E-state index in [-0.39, 0.29) is 11.8 Å². The number of hydrogen-bond acceptors (Lipinski definition) is 2. The first-order valence-corrected chi connectivity index (χ1v) is 6.33. The van der Waals surface area contributed by atoms with E-state index in [0.29, 0.717) is 29.5 Å². The van der Waals surface area contributed by atoms with Crippen molar-refractivity contribution in [3.63, 3.8) is 0 Å². The van der Waals surface area contributed by atoms with E-state index < -0.39 is 0 Å². The molecule has 0 spiro atoms. The van der Waals surface area contributed by atoms with Crippen LogP contribution in [-0.2, 0) is 0 Å². The second-order valence-corrected chi connectivity index (χ2v) is 4.66. The largest absolute Gasteiger partial charge is 0.386 e. The summed E-state index contributed by atoms with van der Waals surface area (Å²) >= 11 is 5.55. The Kier molecular flexibility index (Phi) is 5.65. The normalized spacial score (nSPS) is 11.7. The molecule has 1 amide bonds. The molecule has 98 valence electrons. The van der Waals surface area contributed by atoms with Crippen LogP contribution in [0.15, 0.2) is 29.3 Å². The van der Waals surface area contributed by atoms with Gasteiger partial charge in [0.15, 0.2) is 0 Å². The van der Waals surface area contributed by atoms with Crippen molar-refractivity contribution >= 4 is 29.0 Å². The Balaban J connectivity index is 2.78. The zero-order valence-corrected chi connectivity index (χ0v) is 11.4. The maximum Gasteiger partial charge on any atom is 0.251 e. The van der Waals surface area contributed by atoms with Gasteiger partial charge in [-0.1, -0.05) is 19.9 Å². The van der Waals surface area contributed by atoms with Crippen LogP contribution in [0.25, 0.3) is 0 Å². The van der Waals surface area contributed by atoms with Crippen molar-refractivity contribution in [3.05, 3.63) is 29.8 Å². The lowest BCUT2D eigenvalue weighted by Gasteiger charge is -2.08. The Bertz CT molecular complexity index is 444. The lowest BCUT2D eigenvalue weighted by molar-refractivity contribution is 0.0949. The molecule has 0 saturated carbocycles. The Hall–Kier alpha value is -1.55. The van der Waals surface area contributed by atoms with Crippen molar-refractivity contribution in [2.45, 2.75) is 13.8 Å². The summed E-state index contributed by atoms with van der Waals surface area (Å²) in [5, 5.41) is 2.85. The summed E-state index contributed by atoms with van der Waals surface area (Å²) in [7, 11) is 0. The molecule has 0 aliphatic heterocycles. The van der Waals surface area contributed by atoms with Crippen LogP contribution in [0.5, 0.6) is 0 Å². The van der Waals surface area contributed by atoms with Crippen molar-refractivity contribution < 1.29 is 4.79 Å². The minimum atomic E-state index is -0.106. The smallest absolute Gasteiger partial charge is 0.251 e. The molecule has 0 saturated heterocycles. The Morgan fingerprint density at radius 3 is 2.83 bits per heavy atom. The number of nitrogens with two attached hydrogens (primary N) is 1. The average molecular weight is 268 g/mol. The van der Waals surface area contributed by atoms with Gasteiger partial charge >= 0.3 is 0 Å². The summed E-state index contributed by atoms with van der Waals surface area (Å²) in [5.74, 6) is 0.813. The molecule has 1 aromatic carbocycles. The topological polar surface area (TPSA) is 67.5 Å². The lowest BCUT2D eigenvalue weighted by Crippen LogP contribution is -2.27. The minimum Gasteiger partial charge on any atom is -0.386 e. The quantitative estimate of drug-likeness (QED) is 0.488. The molecule has 0 aliphatic carbocycles. The van der Waals surface area contributed by atoms with Gasteiger partial charge in [0.1, 0.15) is 5.84 Å². The summed E-state index contributed by atoms with van der Waals surface area (Å²) < 4.78 is 0. The van der Waals surface area contributed by atoms with Crippen molar-refractivity contribution in [1.82, 2.24) is 5.32 Å². The van der Waals surface area contributed by atoms with Crippen LogP contribution in [0, 0.1) is 5.92 Å². The van der Waals surface area contributed by atoms with E-state index in [1.807, 2.05) is 13.8 Å². The second kappa shape index (κ2) is 7.01. The molecule has 5 heteroatoms. The van der Waals surface area contributed by atoms with Crippen molar-refractivity contribution in [2.24, 2.45) is 16.6 Å². The number of nitrogens with zero attached hydrogens (tertiary/aromatic N) is 1. The number of hydrogen-bond donors (Lipinski definition) is 2. The van der Waals surface area contributed by atoms with Crippen LogP contribution in [0.2, 0.25) is 0 Å². The zero-order chi connectivity index (χ0) is 13.5. The number of rotatable bonds is 5. The molecule has 18 heavy (non-hydrogen) atoms. The fourth-order valence-corrected chi connectivity index (χ4v) is 1.37. The number of alkyl halides is 1. The average Bonchev–Trinajstić information content (AvgIpc) is 2.36. The van der Waals surface area contributed by atoms with Crippen LogP contribution >= 0.6 is 11.6 Å². The zero-order valence-electron chi connectivity index (χ0n) is 10.6. The fraction of sp³-hybridized carbons (Fsp3) is 0.385. The van der Waals surface area contributed by atoms with E-state index in [1.165, 1.54) is 0 Å². The van der Waals surface area contributed by atoms with Crippen molar-refractivity contribution in [1.29, 1.82) is 0 Å². The summed E-state index contributed by atoms with van der Waals surface area (Å²) in [6, 6.07) is 6.98. The number of aliphatic imine (C=N–C) groups is 1. The van der Waals surface area contributed by atoms with Gasteiger partial charge in [-0.05, 0) is 24.1 Å². The molecule has 3 N–H and O–H groups in total. The van der Waals surface area contributed by atoms with Gasteiger partial charge in [0.25, 0.3) is 5.91 Å². The molecule has 0 atom stereocenters. The first kappa shape index (κ1) is 14.5. The highest BCUT2D eigenvalue weighted by Crippen LogP contribution is 2.14. The Morgan fingerprint density at radius 2 is 2.22 bits per heavy atom. The van der Waals surface area contributed by atoms with Gasteiger partial charge in [-0.25, -0.2) is 4.99 Å². The van der Waals surface area contributed by atoms with Crippen molar-refractivity contribution in [2.75, 3.05) is 12.4 Å². The molecule has 1 aromatic rings. The van der Waals surface area contributed by atoms with Gasteiger partial charge in [-0.15, -0.1) is 11.6 Å². The lowest BCUT2D eigenvalue weighted by atomic mass is 10.1. The highest BCUT2D eigenvalue weighted by Gasteiger charge is 2.06. The van der Waals surface area contributed by atoms with Gasteiger partial charge < -0.3 is 11.1 Å². The molecule has 0 bridgehead atoms. The predicted octanol–water partition coefficient (Wildman–Crippen LogP) is 2.30. The molecule has 0 radical (unpaired) electrons. The van der Waals surface area contributed by atoms with E-state index in [0.717, 1.165) is 0 Å². The van der Waals surface area contributed by atoms with Gasteiger partial charge in [-0.2, -0.15) is 0 Å². The van der Waals surface area contributed by atoms with Crippen LogP contribution in [-0.4, -0.2) is 24.2 Å². The van der Waals surface area contributed by atoms with Crippen LogP contribution < -0.4 is 11.1 Å². The number of nitrogens with one attached hydrogen (secondary N) is 1. The van der Waals surface area contributed by atoms with Gasteiger partial charge in [-0.3, -0.25) is 4.79 Å². The van der Waals surface area contributed by atoms with Gasteiger partial charge in [0.05, 0.1) is 11.6 Å². The van der Waals surface area contributed by atoms with Crippen molar-refractivity contribution in [3.8, 4) is 0 Å². The number of amidine groups is 1. The van der Waals surface area contributed by atoms with E-state index in [2.05, 4.69) is 10.3 Å². The van der Waals surface area contributed by atoms with Gasteiger partial charge in [0.2, 0.25) is 0 Å². The SMILES string of the molecule is CC(C)CNC(=O)c1cccc(N=C(N)CCl)c1. The van der Waals surface area contributed by atoms with E-state index >= 15 is 0 Å². The molecular weight excluding hydrogens is 250 g/mol. The molecule has 0 fully saturated rings. The molecule has 0 heterocycles. The maximum atomic E-state index is 11.8. The highest BCUT2D eigenvalue weighted by molar-refractivity contribution is 6.28.